The lowest BCUT2D eigenvalue weighted by molar-refractivity contribution is -0.137. The van der Waals surface area contributed by atoms with E-state index in [1.54, 1.807) is 24.5 Å². The number of alkyl halides is 3. The maximum Gasteiger partial charge on any atom is 0.416 e. The van der Waals surface area contributed by atoms with Gasteiger partial charge in [0.1, 0.15) is 0 Å². The van der Waals surface area contributed by atoms with Crippen LogP contribution in [0.5, 0.6) is 0 Å². The van der Waals surface area contributed by atoms with E-state index in [0.29, 0.717) is 30.0 Å². The van der Waals surface area contributed by atoms with Gasteiger partial charge in [0.25, 0.3) is 5.22 Å². The standard InChI is InChI=1S/C20H18F3N5O2S/c21-20(22,23)14-5-6-15(16(10-14)28-8-1-2-9-28)25-17(29)12-31-19-27-26-18(30-19)13-4-3-7-24-11-13/h3-7,10-11H,1-2,8-9,12H2,(H,25,29). The molecule has 31 heavy (non-hydrogen) atoms. The summed E-state index contributed by atoms with van der Waals surface area (Å²) in [5, 5.41) is 10.7. The second-order valence-electron chi connectivity index (χ2n) is 6.88. The molecule has 1 aliphatic heterocycles. The number of hydrogen-bond donors (Lipinski definition) is 1. The molecule has 0 unspecified atom stereocenters. The lowest BCUT2D eigenvalue weighted by Crippen LogP contribution is -2.22. The zero-order valence-corrected chi connectivity index (χ0v) is 17.0. The van der Waals surface area contributed by atoms with Gasteiger partial charge in [-0.25, -0.2) is 0 Å². The number of aromatic nitrogens is 3. The molecule has 1 saturated heterocycles. The van der Waals surface area contributed by atoms with Crippen LogP contribution in [-0.4, -0.2) is 39.9 Å². The molecule has 11 heteroatoms. The predicted molar refractivity (Wildman–Crippen MR) is 110 cm³/mol. The average Bonchev–Trinajstić information content (AvgIpc) is 3.45. The largest absolute Gasteiger partial charge is 0.416 e. The first kappa shape index (κ1) is 21.2. The number of carbonyl (C=O) groups is 1. The summed E-state index contributed by atoms with van der Waals surface area (Å²) in [6.45, 7) is 1.30. The first-order valence-corrected chi connectivity index (χ1v) is 10.5. The van der Waals surface area contributed by atoms with Gasteiger partial charge in [-0.15, -0.1) is 10.2 Å². The summed E-state index contributed by atoms with van der Waals surface area (Å²) in [6.07, 6.45) is 0.555. The fourth-order valence-corrected chi connectivity index (χ4v) is 3.78. The molecule has 1 amide bonds. The molecule has 1 N–H and O–H groups in total. The van der Waals surface area contributed by atoms with Crippen LogP contribution in [0, 0.1) is 0 Å². The average molecular weight is 449 g/mol. The third-order valence-corrected chi connectivity index (χ3v) is 5.51. The van der Waals surface area contributed by atoms with Crippen LogP contribution in [0.4, 0.5) is 24.5 Å². The van der Waals surface area contributed by atoms with Crippen LogP contribution in [0.15, 0.2) is 52.4 Å². The summed E-state index contributed by atoms with van der Waals surface area (Å²) < 4.78 is 45.0. The van der Waals surface area contributed by atoms with E-state index >= 15 is 0 Å². The summed E-state index contributed by atoms with van der Waals surface area (Å²) >= 11 is 1.04. The Morgan fingerprint density at radius 2 is 2.00 bits per heavy atom. The fraction of sp³-hybridized carbons (Fsp3) is 0.300. The molecule has 0 atom stereocenters. The smallest absolute Gasteiger partial charge is 0.411 e. The van der Waals surface area contributed by atoms with Crippen molar-refractivity contribution in [1.82, 2.24) is 15.2 Å². The minimum absolute atomic E-state index is 0.0326. The Labute approximate surface area is 180 Å². The van der Waals surface area contributed by atoms with Gasteiger partial charge in [0, 0.05) is 25.5 Å². The van der Waals surface area contributed by atoms with E-state index in [-0.39, 0.29) is 22.8 Å². The Hall–Kier alpha value is -3.08. The van der Waals surface area contributed by atoms with Crippen molar-refractivity contribution in [2.75, 3.05) is 29.1 Å². The maximum atomic E-state index is 13.1. The predicted octanol–water partition coefficient (Wildman–Crippen LogP) is 4.48. The molecule has 0 aliphatic carbocycles. The third kappa shape index (κ3) is 5.16. The van der Waals surface area contributed by atoms with Crippen LogP contribution in [0.25, 0.3) is 11.5 Å². The topological polar surface area (TPSA) is 84.1 Å². The van der Waals surface area contributed by atoms with Gasteiger partial charge in [0.05, 0.1) is 28.3 Å². The molecular formula is C20H18F3N5O2S. The van der Waals surface area contributed by atoms with Crippen molar-refractivity contribution >= 4 is 29.0 Å². The number of rotatable bonds is 6. The van der Waals surface area contributed by atoms with E-state index in [0.717, 1.165) is 36.7 Å². The number of halogens is 3. The maximum absolute atomic E-state index is 13.1. The molecule has 162 valence electrons. The van der Waals surface area contributed by atoms with E-state index in [4.69, 9.17) is 4.42 Å². The number of hydrogen-bond acceptors (Lipinski definition) is 7. The molecule has 1 aliphatic rings. The zero-order valence-electron chi connectivity index (χ0n) is 16.2. The van der Waals surface area contributed by atoms with Gasteiger partial charge in [-0.1, -0.05) is 11.8 Å². The van der Waals surface area contributed by atoms with Crippen LogP contribution >= 0.6 is 11.8 Å². The van der Waals surface area contributed by atoms with Gasteiger partial charge in [-0.2, -0.15) is 13.2 Å². The fourth-order valence-electron chi connectivity index (χ4n) is 3.22. The molecule has 1 fully saturated rings. The third-order valence-electron chi connectivity index (χ3n) is 4.69. The summed E-state index contributed by atoms with van der Waals surface area (Å²) in [4.78, 5) is 18.3. The SMILES string of the molecule is O=C(CSc1nnc(-c2cccnc2)o1)Nc1ccc(C(F)(F)F)cc1N1CCCC1. The van der Waals surface area contributed by atoms with Gasteiger partial charge >= 0.3 is 6.18 Å². The van der Waals surface area contributed by atoms with Crippen molar-refractivity contribution < 1.29 is 22.4 Å². The van der Waals surface area contributed by atoms with Crippen LogP contribution in [0.1, 0.15) is 18.4 Å². The molecule has 0 spiro atoms. The Bertz CT molecular complexity index is 1050. The quantitative estimate of drug-likeness (QED) is 0.556. The van der Waals surface area contributed by atoms with Gasteiger partial charge in [-0.05, 0) is 43.2 Å². The molecule has 2 aromatic heterocycles. The second kappa shape index (κ2) is 8.96. The number of anilines is 2. The van der Waals surface area contributed by atoms with E-state index in [2.05, 4.69) is 20.5 Å². The number of benzene rings is 1. The van der Waals surface area contributed by atoms with E-state index in [1.807, 2.05) is 4.90 Å². The minimum Gasteiger partial charge on any atom is -0.411 e. The number of pyridine rings is 1. The van der Waals surface area contributed by atoms with Gasteiger partial charge in [-0.3, -0.25) is 9.78 Å². The highest BCUT2D eigenvalue weighted by molar-refractivity contribution is 7.99. The van der Waals surface area contributed by atoms with Crippen LogP contribution in [0.3, 0.4) is 0 Å². The van der Waals surface area contributed by atoms with E-state index in [1.165, 1.54) is 6.07 Å². The van der Waals surface area contributed by atoms with Crippen LogP contribution in [0.2, 0.25) is 0 Å². The van der Waals surface area contributed by atoms with Crippen LogP contribution < -0.4 is 10.2 Å². The van der Waals surface area contributed by atoms with Crippen molar-refractivity contribution in [2.24, 2.45) is 0 Å². The highest BCUT2D eigenvalue weighted by atomic mass is 32.2. The van der Waals surface area contributed by atoms with Gasteiger partial charge in [0.15, 0.2) is 0 Å². The lowest BCUT2D eigenvalue weighted by Gasteiger charge is -2.23. The Balaban J connectivity index is 1.43. The highest BCUT2D eigenvalue weighted by Crippen LogP contribution is 2.37. The number of carbonyl (C=O) groups excluding carboxylic acids is 1. The monoisotopic (exact) mass is 449 g/mol. The van der Waals surface area contributed by atoms with Crippen molar-refractivity contribution in [3.05, 3.63) is 48.3 Å². The van der Waals surface area contributed by atoms with Crippen LogP contribution in [-0.2, 0) is 11.0 Å². The van der Waals surface area contributed by atoms with Crippen molar-refractivity contribution in [3.63, 3.8) is 0 Å². The highest BCUT2D eigenvalue weighted by Gasteiger charge is 2.32. The number of nitrogens with one attached hydrogen (secondary N) is 1. The molecule has 0 saturated carbocycles. The normalized spacial score (nSPS) is 14.1. The molecule has 7 nitrogen and oxygen atoms in total. The minimum atomic E-state index is -4.45. The number of nitrogens with zero attached hydrogens (tertiary/aromatic N) is 4. The molecule has 4 rings (SSSR count). The van der Waals surface area contributed by atoms with Crippen molar-refractivity contribution in [2.45, 2.75) is 24.2 Å². The van der Waals surface area contributed by atoms with E-state index in [9.17, 15) is 18.0 Å². The molecule has 1 aromatic carbocycles. The first-order valence-electron chi connectivity index (χ1n) is 9.53. The number of amides is 1. The summed E-state index contributed by atoms with van der Waals surface area (Å²) in [5.41, 5.74) is 0.645. The van der Waals surface area contributed by atoms with Crippen molar-refractivity contribution in [3.8, 4) is 11.5 Å². The molecule has 3 heterocycles. The number of thioether (sulfide) groups is 1. The first-order chi connectivity index (χ1) is 14.9. The zero-order chi connectivity index (χ0) is 21.8. The van der Waals surface area contributed by atoms with Gasteiger partial charge in [0.2, 0.25) is 11.8 Å². The Morgan fingerprint density at radius 3 is 2.71 bits per heavy atom. The Kier molecular flexibility index (Phi) is 6.12. The molecule has 3 aromatic rings. The summed E-state index contributed by atoms with van der Waals surface area (Å²) in [6, 6.07) is 6.87. The molecule has 0 bridgehead atoms. The lowest BCUT2D eigenvalue weighted by atomic mass is 10.1. The van der Waals surface area contributed by atoms with Crippen molar-refractivity contribution in [1.29, 1.82) is 0 Å². The molecule has 0 radical (unpaired) electrons. The molecular weight excluding hydrogens is 431 g/mol. The summed E-state index contributed by atoms with van der Waals surface area (Å²) in [5.74, 6) is -0.129. The van der Waals surface area contributed by atoms with E-state index < -0.39 is 11.7 Å². The summed E-state index contributed by atoms with van der Waals surface area (Å²) in [7, 11) is 0. The second-order valence-corrected chi connectivity index (χ2v) is 7.80. The Morgan fingerprint density at radius 1 is 1.19 bits per heavy atom. The van der Waals surface area contributed by atoms with Gasteiger partial charge < -0.3 is 14.6 Å².